The predicted molar refractivity (Wildman–Crippen MR) is 104 cm³/mol. The summed E-state index contributed by atoms with van der Waals surface area (Å²) in [6, 6.07) is 9.32. The van der Waals surface area contributed by atoms with Crippen molar-refractivity contribution in [2.45, 2.75) is 63.2 Å². The summed E-state index contributed by atoms with van der Waals surface area (Å²) in [4.78, 5) is 0. The van der Waals surface area contributed by atoms with Crippen LogP contribution in [0.1, 0.15) is 68.4 Å². The molecular weight excluding hydrogens is 336 g/mol. The zero-order valence-corrected chi connectivity index (χ0v) is 16.6. The summed E-state index contributed by atoms with van der Waals surface area (Å²) < 4.78 is 17.4. The first-order valence-electron chi connectivity index (χ1n) is 10.1. The Hall–Kier alpha value is -2.16. The summed E-state index contributed by atoms with van der Waals surface area (Å²) >= 11 is 0. The van der Waals surface area contributed by atoms with Crippen molar-refractivity contribution >= 4 is 0 Å². The third-order valence-corrected chi connectivity index (χ3v) is 7.32. The minimum absolute atomic E-state index is 0.0519. The van der Waals surface area contributed by atoms with Crippen LogP contribution in [0.15, 0.2) is 24.3 Å². The largest absolute Gasteiger partial charge is 0.493 e. The van der Waals surface area contributed by atoms with Gasteiger partial charge in [-0.25, -0.2) is 0 Å². The lowest BCUT2D eigenvalue weighted by molar-refractivity contribution is 0.173. The zero-order valence-electron chi connectivity index (χ0n) is 16.6. The second-order valence-electron chi connectivity index (χ2n) is 10.1. The molecule has 2 aliphatic heterocycles. The molecule has 0 fully saturated rings. The lowest BCUT2D eigenvalue weighted by atomic mass is 9.72. The molecule has 3 nitrogen and oxygen atoms in total. The maximum atomic E-state index is 5.90. The van der Waals surface area contributed by atoms with E-state index in [4.69, 9.17) is 14.2 Å². The molecular formula is C24H26O3. The number of benzene rings is 2. The first kappa shape index (κ1) is 15.9. The Bertz CT molecular complexity index is 918. The zero-order chi connectivity index (χ0) is 18.6. The Kier molecular flexibility index (Phi) is 2.72. The highest BCUT2D eigenvalue weighted by Crippen LogP contribution is 2.64. The third-order valence-electron chi connectivity index (χ3n) is 7.32. The Morgan fingerprint density at radius 3 is 1.89 bits per heavy atom. The molecule has 0 bridgehead atoms. The molecule has 27 heavy (non-hydrogen) atoms. The van der Waals surface area contributed by atoms with Gasteiger partial charge in [0.25, 0.3) is 0 Å². The van der Waals surface area contributed by atoms with E-state index in [0.717, 1.165) is 43.1 Å². The van der Waals surface area contributed by atoms with Crippen LogP contribution in [0, 0.1) is 0 Å². The van der Waals surface area contributed by atoms with Crippen molar-refractivity contribution in [2.24, 2.45) is 0 Å². The molecule has 6 rings (SSSR count). The molecule has 0 N–H and O–H groups in total. The molecule has 0 radical (unpaired) electrons. The van der Waals surface area contributed by atoms with Crippen LogP contribution in [0.2, 0.25) is 0 Å². The van der Waals surface area contributed by atoms with Crippen molar-refractivity contribution in [2.75, 3.05) is 13.4 Å². The standard InChI is InChI=1S/C24H26O3/c1-22(2)11-24(17-7-14-5-6-25-19(14)8-15(17)22)12-23(3,4)16-9-20-21(10-18(16)24)27-13-26-20/h7-10H,5-6,11-13H2,1-4H3. The van der Waals surface area contributed by atoms with Crippen molar-refractivity contribution in [1.82, 2.24) is 0 Å². The fraction of sp³-hybridized carbons (Fsp3) is 0.500. The molecule has 1 spiro atoms. The maximum Gasteiger partial charge on any atom is 0.231 e. The van der Waals surface area contributed by atoms with Gasteiger partial charge in [0.05, 0.1) is 6.61 Å². The lowest BCUT2D eigenvalue weighted by Gasteiger charge is -2.30. The number of hydrogen-bond donors (Lipinski definition) is 0. The van der Waals surface area contributed by atoms with Gasteiger partial charge in [0.15, 0.2) is 11.5 Å². The SMILES string of the molecule is CC1(C)CC2(CC(C)(C)c3cc4c(cc32)OCO4)c2cc3c(cc21)OCC3. The number of rotatable bonds is 0. The molecule has 1 unspecified atom stereocenters. The summed E-state index contributed by atoms with van der Waals surface area (Å²) in [5.74, 6) is 2.90. The van der Waals surface area contributed by atoms with Crippen LogP contribution in [0.25, 0.3) is 0 Å². The van der Waals surface area contributed by atoms with Gasteiger partial charge in [-0.3, -0.25) is 0 Å². The Labute approximate surface area is 160 Å². The molecule has 2 heterocycles. The Morgan fingerprint density at radius 1 is 0.667 bits per heavy atom. The van der Waals surface area contributed by atoms with Gasteiger partial charge in [-0.1, -0.05) is 33.8 Å². The van der Waals surface area contributed by atoms with Crippen LogP contribution >= 0.6 is 0 Å². The molecule has 2 aromatic carbocycles. The quantitative estimate of drug-likeness (QED) is 0.660. The van der Waals surface area contributed by atoms with Crippen LogP contribution in [-0.4, -0.2) is 13.4 Å². The van der Waals surface area contributed by atoms with Gasteiger partial charge in [-0.15, -0.1) is 0 Å². The van der Waals surface area contributed by atoms with E-state index in [1.165, 1.54) is 27.8 Å². The molecule has 3 heteroatoms. The van der Waals surface area contributed by atoms with E-state index in [1.807, 2.05) is 0 Å². The van der Waals surface area contributed by atoms with Gasteiger partial charge in [0.2, 0.25) is 6.79 Å². The van der Waals surface area contributed by atoms with E-state index in [2.05, 4.69) is 52.0 Å². The average molecular weight is 362 g/mol. The third kappa shape index (κ3) is 1.88. The van der Waals surface area contributed by atoms with Gasteiger partial charge in [-0.05, 0) is 69.7 Å². The predicted octanol–water partition coefficient (Wildman–Crippen LogP) is 5.00. The molecule has 0 amide bonds. The number of ether oxygens (including phenoxy) is 3. The van der Waals surface area contributed by atoms with Gasteiger partial charge in [0.1, 0.15) is 5.75 Å². The van der Waals surface area contributed by atoms with E-state index in [1.54, 1.807) is 0 Å². The normalized spacial score (nSPS) is 27.4. The van der Waals surface area contributed by atoms with E-state index in [-0.39, 0.29) is 16.2 Å². The first-order valence-corrected chi connectivity index (χ1v) is 10.1. The highest BCUT2D eigenvalue weighted by atomic mass is 16.7. The molecule has 1 atom stereocenters. The summed E-state index contributed by atoms with van der Waals surface area (Å²) in [6.07, 6.45) is 3.29. The van der Waals surface area contributed by atoms with Crippen LogP contribution in [0.3, 0.4) is 0 Å². The molecule has 0 saturated heterocycles. The van der Waals surface area contributed by atoms with Crippen molar-refractivity contribution in [3.8, 4) is 17.2 Å². The second kappa shape index (κ2) is 4.63. The highest BCUT2D eigenvalue weighted by Gasteiger charge is 2.57. The minimum Gasteiger partial charge on any atom is -0.493 e. The van der Waals surface area contributed by atoms with E-state index in [0.29, 0.717) is 6.79 Å². The molecule has 2 aliphatic carbocycles. The van der Waals surface area contributed by atoms with Crippen LogP contribution in [-0.2, 0) is 22.7 Å². The monoisotopic (exact) mass is 362 g/mol. The van der Waals surface area contributed by atoms with E-state index in [9.17, 15) is 0 Å². The Morgan fingerprint density at radius 2 is 1.22 bits per heavy atom. The number of fused-ring (bicyclic) bond motifs is 6. The molecule has 0 aromatic heterocycles. The van der Waals surface area contributed by atoms with Gasteiger partial charge in [-0.2, -0.15) is 0 Å². The van der Waals surface area contributed by atoms with Crippen molar-refractivity contribution in [3.63, 3.8) is 0 Å². The van der Waals surface area contributed by atoms with Gasteiger partial charge >= 0.3 is 0 Å². The minimum atomic E-state index is 0.0519. The summed E-state index contributed by atoms with van der Waals surface area (Å²) in [7, 11) is 0. The summed E-state index contributed by atoms with van der Waals surface area (Å²) in [6.45, 7) is 10.7. The van der Waals surface area contributed by atoms with Gasteiger partial charge < -0.3 is 14.2 Å². The summed E-state index contributed by atoms with van der Waals surface area (Å²) in [5, 5.41) is 0. The van der Waals surface area contributed by atoms with Crippen molar-refractivity contribution < 1.29 is 14.2 Å². The fourth-order valence-corrected chi connectivity index (χ4v) is 6.37. The number of hydrogen-bond acceptors (Lipinski definition) is 3. The topological polar surface area (TPSA) is 27.7 Å². The van der Waals surface area contributed by atoms with Crippen LogP contribution in [0.5, 0.6) is 17.2 Å². The van der Waals surface area contributed by atoms with Crippen molar-refractivity contribution in [3.05, 3.63) is 52.1 Å². The average Bonchev–Trinajstić information content (AvgIpc) is 3.32. The molecule has 140 valence electrons. The van der Waals surface area contributed by atoms with Crippen molar-refractivity contribution in [1.29, 1.82) is 0 Å². The van der Waals surface area contributed by atoms with E-state index < -0.39 is 0 Å². The highest BCUT2D eigenvalue weighted by molar-refractivity contribution is 5.65. The Balaban J connectivity index is 1.65. The van der Waals surface area contributed by atoms with Crippen LogP contribution < -0.4 is 14.2 Å². The molecule has 0 saturated carbocycles. The fourth-order valence-electron chi connectivity index (χ4n) is 6.37. The van der Waals surface area contributed by atoms with Crippen LogP contribution in [0.4, 0.5) is 0 Å². The maximum absolute atomic E-state index is 5.90. The van der Waals surface area contributed by atoms with E-state index >= 15 is 0 Å². The molecule has 2 aromatic rings. The smallest absolute Gasteiger partial charge is 0.231 e. The second-order valence-corrected chi connectivity index (χ2v) is 10.1. The molecule has 4 aliphatic rings. The lowest BCUT2D eigenvalue weighted by Crippen LogP contribution is -2.27. The first-order chi connectivity index (χ1) is 12.8. The summed E-state index contributed by atoms with van der Waals surface area (Å²) in [5.41, 5.74) is 7.52. The van der Waals surface area contributed by atoms with Gasteiger partial charge in [0, 0.05) is 11.8 Å².